The van der Waals surface area contributed by atoms with Crippen molar-refractivity contribution in [3.8, 4) is 0 Å². The maximum Gasteiger partial charge on any atom is 0.303 e. The summed E-state index contributed by atoms with van der Waals surface area (Å²) in [5.74, 6) is -0.229. The molecule has 0 radical (unpaired) electrons. The number of carbonyl (C=O) groups is 1. The van der Waals surface area contributed by atoms with Gasteiger partial charge in [-0.3, -0.25) is 4.79 Å². The summed E-state index contributed by atoms with van der Waals surface area (Å²) in [6, 6.07) is 0. The van der Waals surface area contributed by atoms with Crippen molar-refractivity contribution >= 4 is 5.97 Å². The lowest BCUT2D eigenvalue weighted by molar-refractivity contribution is -0.137. The molecule has 2 saturated heterocycles. The molecule has 4 heteroatoms. The minimum absolute atomic E-state index is 0.255. The molecule has 0 amide bonds. The van der Waals surface area contributed by atoms with Crippen LogP contribution in [0.4, 0.5) is 0 Å². The van der Waals surface area contributed by atoms with Gasteiger partial charge in [-0.1, -0.05) is 44.8 Å². The average Bonchev–Trinajstić information content (AvgIpc) is 3.15. The number of aliphatic carboxylic acids is 1. The number of carboxylic acid groups (broad SMARTS) is 1. The van der Waals surface area contributed by atoms with Crippen LogP contribution in [-0.4, -0.2) is 36.0 Å². The van der Waals surface area contributed by atoms with E-state index in [1.807, 2.05) is 0 Å². The Hall–Kier alpha value is -0.870. The SMILES string of the molecule is CCCCCCCO[C@@H]1[C@@H](C/C=C\CCCC(=O)O)[C@H]2CC[C@@H]1O2. The fourth-order valence-corrected chi connectivity index (χ4v) is 3.92. The summed E-state index contributed by atoms with van der Waals surface area (Å²) in [5.41, 5.74) is 0. The van der Waals surface area contributed by atoms with Crippen molar-refractivity contribution in [1.82, 2.24) is 0 Å². The van der Waals surface area contributed by atoms with Crippen molar-refractivity contribution < 1.29 is 19.4 Å². The molecular weight excluding hydrogens is 304 g/mol. The lowest BCUT2D eigenvalue weighted by atomic mass is 9.84. The maximum atomic E-state index is 10.5. The van der Waals surface area contributed by atoms with Crippen molar-refractivity contribution in [3.05, 3.63) is 12.2 Å². The molecule has 4 nitrogen and oxygen atoms in total. The molecule has 2 aliphatic heterocycles. The van der Waals surface area contributed by atoms with Crippen molar-refractivity contribution in [2.75, 3.05) is 6.61 Å². The smallest absolute Gasteiger partial charge is 0.303 e. The highest BCUT2D eigenvalue weighted by molar-refractivity contribution is 5.66. The predicted molar refractivity (Wildman–Crippen MR) is 95.1 cm³/mol. The molecule has 24 heavy (non-hydrogen) atoms. The first-order valence-electron chi connectivity index (χ1n) is 9.86. The van der Waals surface area contributed by atoms with E-state index in [1.54, 1.807) is 0 Å². The third-order valence-electron chi connectivity index (χ3n) is 5.25. The first-order chi connectivity index (χ1) is 11.7. The molecule has 2 fully saturated rings. The van der Waals surface area contributed by atoms with Crippen LogP contribution in [-0.2, 0) is 14.3 Å². The van der Waals surface area contributed by atoms with Crippen LogP contribution >= 0.6 is 0 Å². The summed E-state index contributed by atoms with van der Waals surface area (Å²) in [6.45, 7) is 3.10. The Bertz CT molecular complexity index is 393. The van der Waals surface area contributed by atoms with Gasteiger partial charge in [0.05, 0.1) is 18.3 Å². The normalized spacial score (nSPS) is 28.9. The van der Waals surface area contributed by atoms with Crippen LogP contribution < -0.4 is 0 Å². The van der Waals surface area contributed by atoms with Crippen LogP contribution in [0.1, 0.15) is 77.6 Å². The van der Waals surface area contributed by atoms with Gasteiger partial charge in [0, 0.05) is 18.9 Å². The second-order valence-corrected chi connectivity index (χ2v) is 7.20. The van der Waals surface area contributed by atoms with Gasteiger partial charge in [0.2, 0.25) is 0 Å². The van der Waals surface area contributed by atoms with E-state index in [0.717, 1.165) is 38.7 Å². The van der Waals surface area contributed by atoms with Crippen LogP contribution in [0.2, 0.25) is 0 Å². The first kappa shape index (κ1) is 19.5. The van der Waals surface area contributed by atoms with Crippen LogP contribution in [0, 0.1) is 5.92 Å². The zero-order valence-electron chi connectivity index (χ0n) is 15.1. The number of carboxylic acids is 1. The van der Waals surface area contributed by atoms with Crippen LogP contribution in [0.3, 0.4) is 0 Å². The van der Waals surface area contributed by atoms with E-state index in [0.29, 0.717) is 18.1 Å². The highest BCUT2D eigenvalue weighted by atomic mass is 16.6. The maximum absolute atomic E-state index is 10.5. The molecule has 0 aliphatic carbocycles. The fourth-order valence-electron chi connectivity index (χ4n) is 3.92. The van der Waals surface area contributed by atoms with Crippen molar-refractivity contribution in [1.29, 1.82) is 0 Å². The summed E-state index contributed by atoms with van der Waals surface area (Å²) < 4.78 is 12.3. The molecule has 2 bridgehead atoms. The molecule has 2 rings (SSSR count). The first-order valence-corrected chi connectivity index (χ1v) is 9.86. The molecule has 1 N–H and O–H groups in total. The standard InChI is InChI=1S/C20H34O4/c1-2-3-4-7-10-15-23-20-16(17-13-14-18(20)24-17)11-8-5-6-9-12-19(21)22/h5,8,16-18,20H,2-4,6-7,9-15H2,1H3,(H,21,22)/b8-5-/t16-,17+,18-,20+/m0/s1. The lowest BCUT2D eigenvalue weighted by Crippen LogP contribution is -2.34. The summed E-state index contributed by atoms with van der Waals surface area (Å²) in [6.07, 6.45) is 16.7. The zero-order valence-corrected chi connectivity index (χ0v) is 15.1. The zero-order chi connectivity index (χ0) is 17.2. The monoisotopic (exact) mass is 338 g/mol. The molecule has 4 atom stereocenters. The summed E-state index contributed by atoms with van der Waals surface area (Å²) in [4.78, 5) is 10.5. The van der Waals surface area contributed by atoms with E-state index in [9.17, 15) is 4.79 Å². The van der Waals surface area contributed by atoms with Gasteiger partial charge in [-0.25, -0.2) is 0 Å². The summed E-state index contributed by atoms with van der Waals surface area (Å²) in [5, 5.41) is 8.64. The van der Waals surface area contributed by atoms with E-state index in [-0.39, 0.29) is 12.5 Å². The molecule has 0 unspecified atom stereocenters. The third kappa shape index (κ3) is 6.21. The predicted octanol–water partition coefficient (Wildman–Crippen LogP) is 4.72. The van der Waals surface area contributed by atoms with Gasteiger partial charge in [-0.05, 0) is 38.5 Å². The molecule has 0 aromatic carbocycles. The Morgan fingerprint density at radius 3 is 2.71 bits per heavy atom. The Balaban J connectivity index is 1.65. The van der Waals surface area contributed by atoms with Crippen LogP contribution in [0.25, 0.3) is 0 Å². The second kappa shape index (κ2) is 10.9. The second-order valence-electron chi connectivity index (χ2n) is 7.20. The molecular formula is C20H34O4. The molecule has 0 aromatic heterocycles. The quantitative estimate of drug-likeness (QED) is 0.390. The van der Waals surface area contributed by atoms with Gasteiger partial charge < -0.3 is 14.6 Å². The highest BCUT2D eigenvalue weighted by Gasteiger charge is 2.48. The minimum Gasteiger partial charge on any atom is -0.481 e. The van der Waals surface area contributed by atoms with Crippen LogP contribution in [0.15, 0.2) is 12.2 Å². The summed E-state index contributed by atoms with van der Waals surface area (Å²) >= 11 is 0. The molecule has 2 heterocycles. The van der Waals surface area contributed by atoms with Gasteiger partial charge in [-0.15, -0.1) is 0 Å². The van der Waals surface area contributed by atoms with Crippen LogP contribution in [0.5, 0.6) is 0 Å². The summed E-state index contributed by atoms with van der Waals surface area (Å²) in [7, 11) is 0. The van der Waals surface area contributed by atoms with E-state index < -0.39 is 5.97 Å². The third-order valence-corrected chi connectivity index (χ3v) is 5.25. The number of hydrogen-bond donors (Lipinski definition) is 1. The number of hydrogen-bond acceptors (Lipinski definition) is 3. The van der Waals surface area contributed by atoms with Gasteiger partial charge in [0.25, 0.3) is 0 Å². The van der Waals surface area contributed by atoms with Gasteiger partial charge in [-0.2, -0.15) is 0 Å². The number of fused-ring (bicyclic) bond motifs is 2. The van der Waals surface area contributed by atoms with Gasteiger partial charge >= 0.3 is 5.97 Å². The molecule has 0 spiro atoms. The molecule has 138 valence electrons. The van der Waals surface area contributed by atoms with E-state index in [1.165, 1.54) is 32.1 Å². The van der Waals surface area contributed by atoms with Crippen molar-refractivity contribution in [2.45, 2.75) is 95.9 Å². The Morgan fingerprint density at radius 2 is 1.92 bits per heavy atom. The largest absolute Gasteiger partial charge is 0.481 e. The number of allylic oxidation sites excluding steroid dienone is 2. The topological polar surface area (TPSA) is 55.8 Å². The Labute approximate surface area is 146 Å². The Morgan fingerprint density at radius 1 is 1.12 bits per heavy atom. The number of unbranched alkanes of at least 4 members (excludes halogenated alkanes) is 5. The minimum atomic E-state index is -0.711. The molecule has 2 aliphatic rings. The van der Waals surface area contributed by atoms with Crippen molar-refractivity contribution in [2.24, 2.45) is 5.92 Å². The number of ether oxygens (including phenoxy) is 2. The highest BCUT2D eigenvalue weighted by Crippen LogP contribution is 2.42. The fraction of sp³-hybridized carbons (Fsp3) is 0.850. The lowest BCUT2D eigenvalue weighted by Gasteiger charge is -2.27. The van der Waals surface area contributed by atoms with Crippen molar-refractivity contribution in [3.63, 3.8) is 0 Å². The molecule has 0 saturated carbocycles. The van der Waals surface area contributed by atoms with Gasteiger partial charge in [0.1, 0.15) is 0 Å². The van der Waals surface area contributed by atoms with E-state index in [2.05, 4.69) is 19.1 Å². The number of rotatable bonds is 13. The van der Waals surface area contributed by atoms with E-state index in [4.69, 9.17) is 14.6 Å². The van der Waals surface area contributed by atoms with E-state index >= 15 is 0 Å². The van der Waals surface area contributed by atoms with Gasteiger partial charge in [0.15, 0.2) is 0 Å². The average molecular weight is 338 g/mol. The Kier molecular flexibility index (Phi) is 8.82. The molecule has 0 aromatic rings.